The average molecular weight is 344 g/mol. The zero-order chi connectivity index (χ0) is 17.1. The molecule has 1 atom stereocenters. The fourth-order valence-electron chi connectivity index (χ4n) is 1.15. The molecule has 1 rings (SSSR count). The molecule has 0 amide bonds. The summed E-state index contributed by atoms with van der Waals surface area (Å²) in [7, 11) is 0. The second-order valence-corrected chi connectivity index (χ2v) is 3.52. The van der Waals surface area contributed by atoms with Gasteiger partial charge in [-0.15, -0.1) is 0 Å². The molecule has 1 unspecified atom stereocenters. The number of rotatable bonds is 3. The van der Waals surface area contributed by atoms with Crippen molar-refractivity contribution < 1.29 is 62.2 Å². The summed E-state index contributed by atoms with van der Waals surface area (Å²) in [6, 6.07) is -3.66. The van der Waals surface area contributed by atoms with Crippen molar-refractivity contribution in [2.75, 3.05) is 0 Å². The van der Waals surface area contributed by atoms with Crippen molar-refractivity contribution in [2.45, 2.75) is 29.9 Å². The van der Waals surface area contributed by atoms with Gasteiger partial charge < -0.3 is 4.74 Å². The van der Waals surface area contributed by atoms with Crippen LogP contribution in [0.3, 0.4) is 0 Å². The van der Waals surface area contributed by atoms with Crippen molar-refractivity contribution in [2.24, 2.45) is 0 Å². The third kappa shape index (κ3) is 2.10. The van der Waals surface area contributed by atoms with Crippen LogP contribution in [0, 0.1) is 0 Å². The van der Waals surface area contributed by atoms with E-state index in [1.807, 2.05) is 4.74 Å². The van der Waals surface area contributed by atoms with Gasteiger partial charge in [0.1, 0.15) is 0 Å². The summed E-state index contributed by atoms with van der Waals surface area (Å²) in [6.07, 6.45) is -16.8. The zero-order valence-electron chi connectivity index (χ0n) is 8.85. The maximum absolute atomic E-state index is 13.2. The van der Waals surface area contributed by atoms with E-state index in [2.05, 4.69) is 4.74 Å². The third-order valence-corrected chi connectivity index (χ3v) is 2.17. The van der Waals surface area contributed by atoms with E-state index in [0.29, 0.717) is 0 Å². The van der Waals surface area contributed by atoms with Crippen molar-refractivity contribution in [3.63, 3.8) is 0 Å². The maximum atomic E-state index is 13.2. The Balaban J connectivity index is 3.37. The average Bonchev–Trinajstić information content (AvgIpc) is 2.34. The second kappa shape index (κ2) is 4.33. The minimum atomic E-state index is -6.94. The lowest BCUT2D eigenvalue weighted by Gasteiger charge is -2.31. The Morgan fingerprint density at radius 1 is 0.810 bits per heavy atom. The van der Waals surface area contributed by atoms with Crippen LogP contribution in [0.4, 0.5) is 52.7 Å². The van der Waals surface area contributed by atoms with Crippen LogP contribution >= 0.6 is 0 Å². The van der Waals surface area contributed by atoms with Crippen molar-refractivity contribution in [3.8, 4) is 0 Å². The first kappa shape index (κ1) is 17.7. The molecule has 0 radical (unpaired) electrons. The predicted molar refractivity (Wildman–Crippen MR) is 36.1 cm³/mol. The van der Waals surface area contributed by atoms with Crippen molar-refractivity contribution in [1.29, 1.82) is 0 Å². The topological polar surface area (TPSA) is 18.5 Å². The van der Waals surface area contributed by atoms with Crippen LogP contribution in [-0.4, -0.2) is 29.9 Å². The van der Waals surface area contributed by atoms with E-state index in [1.54, 1.807) is 0 Å². The lowest BCUT2D eigenvalue weighted by molar-refractivity contribution is -0.433. The monoisotopic (exact) mass is 344 g/mol. The highest BCUT2D eigenvalue weighted by molar-refractivity contribution is 5.11. The molecule has 1 aliphatic heterocycles. The molecule has 0 bridgehead atoms. The summed E-state index contributed by atoms with van der Waals surface area (Å²) in [4.78, 5) is 0. The van der Waals surface area contributed by atoms with Gasteiger partial charge in [0.05, 0.1) is 0 Å². The summed E-state index contributed by atoms with van der Waals surface area (Å²) in [5, 5.41) is 0. The van der Waals surface area contributed by atoms with E-state index in [0.717, 1.165) is 0 Å². The summed E-state index contributed by atoms with van der Waals surface area (Å²) in [5.74, 6) is -20.4. The van der Waals surface area contributed by atoms with E-state index < -0.39 is 42.0 Å². The first-order valence-corrected chi connectivity index (χ1v) is 4.33. The Labute approximate surface area is 105 Å². The Morgan fingerprint density at radius 2 is 1.24 bits per heavy atom. The van der Waals surface area contributed by atoms with Gasteiger partial charge in [0, 0.05) is 0 Å². The standard InChI is InChI=1S/C7F12O2/c8-1(9)2(10)20-7(18,19)5(15)3(11,12)4(13,14)6(16,17)21-5. The van der Waals surface area contributed by atoms with Gasteiger partial charge in [-0.2, -0.15) is 52.7 Å². The summed E-state index contributed by atoms with van der Waals surface area (Å²) in [6.45, 7) is 0. The molecular formula is C7F12O2. The first-order valence-electron chi connectivity index (χ1n) is 4.33. The van der Waals surface area contributed by atoms with E-state index in [9.17, 15) is 52.7 Å². The molecule has 0 saturated carbocycles. The smallest absolute Gasteiger partial charge is 0.398 e. The van der Waals surface area contributed by atoms with Gasteiger partial charge in [-0.25, -0.2) is 0 Å². The molecule has 1 heterocycles. The fourth-order valence-corrected chi connectivity index (χ4v) is 1.15. The summed E-state index contributed by atoms with van der Waals surface area (Å²) >= 11 is 0. The van der Waals surface area contributed by atoms with Crippen LogP contribution < -0.4 is 0 Å². The molecule has 14 heteroatoms. The Morgan fingerprint density at radius 3 is 1.52 bits per heavy atom. The van der Waals surface area contributed by atoms with Crippen LogP contribution in [0.25, 0.3) is 0 Å². The SMILES string of the molecule is FC(F)=C(F)OC(F)(F)C1(F)OC(F)(F)C(F)(F)C1(F)F. The second-order valence-electron chi connectivity index (χ2n) is 3.52. The number of hydrogen-bond acceptors (Lipinski definition) is 2. The van der Waals surface area contributed by atoms with Crippen molar-refractivity contribution >= 4 is 0 Å². The maximum Gasteiger partial charge on any atom is 0.468 e. The normalized spacial score (nSPS) is 30.1. The molecule has 21 heavy (non-hydrogen) atoms. The summed E-state index contributed by atoms with van der Waals surface area (Å²) < 4.78 is 153. The molecule has 0 aromatic carbocycles. The lowest BCUT2D eigenvalue weighted by Crippen LogP contribution is -2.60. The largest absolute Gasteiger partial charge is 0.468 e. The molecule has 0 spiro atoms. The van der Waals surface area contributed by atoms with E-state index in [4.69, 9.17) is 0 Å². The zero-order valence-corrected chi connectivity index (χ0v) is 8.85. The minimum Gasteiger partial charge on any atom is -0.398 e. The molecule has 1 fully saturated rings. The quantitative estimate of drug-likeness (QED) is 0.565. The summed E-state index contributed by atoms with van der Waals surface area (Å²) in [5.41, 5.74) is 0. The first-order chi connectivity index (χ1) is 9.03. The number of alkyl halides is 9. The molecule has 124 valence electrons. The highest BCUT2D eigenvalue weighted by Crippen LogP contribution is 2.64. The Kier molecular flexibility index (Phi) is 3.65. The van der Waals surface area contributed by atoms with Gasteiger partial charge >= 0.3 is 42.0 Å². The van der Waals surface area contributed by atoms with Gasteiger partial charge in [-0.3, -0.25) is 4.74 Å². The highest BCUT2D eigenvalue weighted by atomic mass is 19.4. The molecule has 0 aromatic heterocycles. The van der Waals surface area contributed by atoms with Gasteiger partial charge in [-0.05, 0) is 0 Å². The van der Waals surface area contributed by atoms with E-state index >= 15 is 0 Å². The minimum absolute atomic E-state index is 2.00. The molecule has 0 aliphatic carbocycles. The molecule has 0 aromatic rings. The lowest BCUT2D eigenvalue weighted by atomic mass is 10.1. The predicted octanol–water partition coefficient (Wildman–Crippen LogP) is 4.19. The number of ether oxygens (including phenoxy) is 2. The van der Waals surface area contributed by atoms with Crippen molar-refractivity contribution in [1.82, 2.24) is 0 Å². The Bertz CT molecular complexity index is 466. The molecular weight excluding hydrogens is 344 g/mol. The van der Waals surface area contributed by atoms with Crippen LogP contribution in [-0.2, 0) is 9.47 Å². The Hall–Kier alpha value is -1.34. The van der Waals surface area contributed by atoms with Gasteiger partial charge in [0.25, 0.3) is 0 Å². The molecule has 1 aliphatic rings. The van der Waals surface area contributed by atoms with Gasteiger partial charge in [0.15, 0.2) is 0 Å². The van der Waals surface area contributed by atoms with Gasteiger partial charge in [-0.1, -0.05) is 0 Å². The van der Waals surface area contributed by atoms with Crippen molar-refractivity contribution in [3.05, 3.63) is 12.1 Å². The molecule has 1 saturated heterocycles. The number of hydrogen-bond donors (Lipinski definition) is 0. The van der Waals surface area contributed by atoms with Gasteiger partial charge in [0.2, 0.25) is 0 Å². The van der Waals surface area contributed by atoms with E-state index in [1.165, 1.54) is 0 Å². The van der Waals surface area contributed by atoms with Crippen LogP contribution in [0.15, 0.2) is 12.1 Å². The van der Waals surface area contributed by atoms with Crippen LogP contribution in [0.1, 0.15) is 0 Å². The fraction of sp³-hybridized carbons (Fsp3) is 0.714. The highest BCUT2D eigenvalue weighted by Gasteiger charge is 2.96. The number of halogens is 12. The molecule has 2 nitrogen and oxygen atoms in total. The van der Waals surface area contributed by atoms with Crippen LogP contribution in [0.2, 0.25) is 0 Å². The third-order valence-electron chi connectivity index (χ3n) is 2.17. The van der Waals surface area contributed by atoms with E-state index in [-0.39, 0.29) is 0 Å². The molecule has 0 N–H and O–H groups in total. The van der Waals surface area contributed by atoms with Crippen LogP contribution in [0.5, 0.6) is 0 Å².